The highest BCUT2D eigenvalue weighted by Crippen LogP contribution is 2.12. The summed E-state index contributed by atoms with van der Waals surface area (Å²) in [7, 11) is 0. The van der Waals surface area contributed by atoms with Crippen LogP contribution in [-0.2, 0) is 6.42 Å². The molecule has 5 heteroatoms. The fraction of sp³-hybridized carbons (Fsp3) is 0.545. The summed E-state index contributed by atoms with van der Waals surface area (Å²) in [4.78, 5) is 11.8. The van der Waals surface area contributed by atoms with Gasteiger partial charge in [0.1, 0.15) is 5.76 Å². The summed E-state index contributed by atoms with van der Waals surface area (Å²) < 4.78 is 5.13. The number of hydrogen-bond donors (Lipinski definition) is 3. The maximum Gasteiger partial charge on any atom is 0.255 e. The summed E-state index contributed by atoms with van der Waals surface area (Å²) in [5.74, 6) is 0.243. The first kappa shape index (κ1) is 12.7. The van der Waals surface area contributed by atoms with E-state index in [-0.39, 0.29) is 19.1 Å². The van der Waals surface area contributed by atoms with Gasteiger partial charge in [0.2, 0.25) is 0 Å². The zero-order valence-corrected chi connectivity index (χ0v) is 9.49. The van der Waals surface area contributed by atoms with Gasteiger partial charge in [-0.1, -0.05) is 6.92 Å². The van der Waals surface area contributed by atoms with Crippen molar-refractivity contribution in [3.05, 3.63) is 23.7 Å². The lowest BCUT2D eigenvalue weighted by atomic mass is 10.0. The number of hydrogen-bond acceptors (Lipinski definition) is 4. The maximum atomic E-state index is 11.8. The van der Waals surface area contributed by atoms with Gasteiger partial charge in [-0.3, -0.25) is 4.79 Å². The zero-order chi connectivity index (χ0) is 12.2. The second-order valence-electron chi connectivity index (χ2n) is 3.94. The van der Waals surface area contributed by atoms with E-state index in [4.69, 9.17) is 14.6 Å². The highest BCUT2D eigenvalue weighted by molar-refractivity contribution is 5.95. The Morgan fingerprint density at radius 2 is 2.12 bits per heavy atom. The molecule has 1 rings (SSSR count). The van der Waals surface area contributed by atoms with E-state index in [1.807, 2.05) is 6.92 Å². The molecule has 0 atom stereocenters. The molecule has 0 unspecified atom stereocenters. The molecule has 0 bridgehead atoms. The van der Waals surface area contributed by atoms with E-state index < -0.39 is 5.54 Å². The number of furan rings is 1. The summed E-state index contributed by atoms with van der Waals surface area (Å²) >= 11 is 0. The number of nitrogens with one attached hydrogen (secondary N) is 1. The van der Waals surface area contributed by atoms with Crippen molar-refractivity contribution in [2.45, 2.75) is 25.8 Å². The maximum absolute atomic E-state index is 11.8. The highest BCUT2D eigenvalue weighted by atomic mass is 16.3. The van der Waals surface area contributed by atoms with Crippen molar-refractivity contribution in [2.24, 2.45) is 0 Å². The Kier molecular flexibility index (Phi) is 4.09. The Labute approximate surface area is 94.1 Å². The molecule has 0 radical (unpaired) electrons. The fourth-order valence-corrected chi connectivity index (χ4v) is 1.29. The number of carbonyl (C=O) groups is 1. The van der Waals surface area contributed by atoms with Gasteiger partial charge in [0.25, 0.3) is 5.91 Å². The first-order valence-corrected chi connectivity index (χ1v) is 5.17. The van der Waals surface area contributed by atoms with Crippen molar-refractivity contribution >= 4 is 5.91 Å². The number of aryl methyl sites for hydroxylation is 1. The van der Waals surface area contributed by atoms with Crippen molar-refractivity contribution in [3.8, 4) is 0 Å². The first-order valence-electron chi connectivity index (χ1n) is 5.17. The standard InChI is InChI=1S/C11H17NO4/c1-3-9-8(4-5-16-9)10(15)12-11(2,6-13)7-14/h4-5,13-14H,3,6-7H2,1-2H3,(H,12,15). The highest BCUT2D eigenvalue weighted by Gasteiger charge is 2.26. The van der Waals surface area contributed by atoms with Crippen LogP contribution in [-0.4, -0.2) is 34.9 Å². The summed E-state index contributed by atoms with van der Waals surface area (Å²) in [5, 5.41) is 20.7. The SMILES string of the molecule is CCc1occc1C(=O)NC(C)(CO)CO. The van der Waals surface area contributed by atoms with Crippen molar-refractivity contribution in [1.29, 1.82) is 0 Å². The topological polar surface area (TPSA) is 82.7 Å². The van der Waals surface area contributed by atoms with Crippen LogP contribution in [0.25, 0.3) is 0 Å². The summed E-state index contributed by atoms with van der Waals surface area (Å²) in [6, 6.07) is 1.57. The van der Waals surface area contributed by atoms with E-state index in [1.54, 1.807) is 13.0 Å². The molecule has 1 aromatic heterocycles. The van der Waals surface area contributed by atoms with Gasteiger partial charge >= 0.3 is 0 Å². The first-order chi connectivity index (χ1) is 7.56. The molecule has 0 saturated heterocycles. The molecule has 1 aromatic rings. The van der Waals surface area contributed by atoms with Crippen LogP contribution in [0.1, 0.15) is 30.0 Å². The third-order valence-corrected chi connectivity index (χ3v) is 2.42. The fourth-order valence-electron chi connectivity index (χ4n) is 1.29. The quantitative estimate of drug-likeness (QED) is 0.676. The molecule has 0 aliphatic heterocycles. The summed E-state index contributed by atoms with van der Waals surface area (Å²) in [6.45, 7) is 2.80. The molecule has 3 N–H and O–H groups in total. The average molecular weight is 227 g/mol. The molecule has 0 fully saturated rings. The van der Waals surface area contributed by atoms with E-state index in [0.717, 1.165) is 0 Å². The second kappa shape index (κ2) is 5.14. The van der Waals surface area contributed by atoms with E-state index in [9.17, 15) is 4.79 Å². The second-order valence-corrected chi connectivity index (χ2v) is 3.94. The van der Waals surface area contributed by atoms with Crippen LogP contribution in [0.2, 0.25) is 0 Å². The predicted molar refractivity (Wildman–Crippen MR) is 58.1 cm³/mol. The van der Waals surface area contributed by atoms with Crippen molar-refractivity contribution < 1.29 is 19.4 Å². The molecule has 0 spiro atoms. The van der Waals surface area contributed by atoms with Crippen LogP contribution in [0.4, 0.5) is 0 Å². The Balaban J connectivity index is 2.80. The van der Waals surface area contributed by atoms with Gasteiger partial charge in [0.05, 0.1) is 30.6 Å². The van der Waals surface area contributed by atoms with Gasteiger partial charge in [-0.2, -0.15) is 0 Å². The minimum absolute atomic E-state index is 0.325. The van der Waals surface area contributed by atoms with Crippen LogP contribution in [0, 0.1) is 0 Å². The average Bonchev–Trinajstić information content (AvgIpc) is 2.76. The van der Waals surface area contributed by atoms with Crippen LogP contribution >= 0.6 is 0 Å². The Morgan fingerprint density at radius 3 is 2.62 bits per heavy atom. The van der Waals surface area contributed by atoms with Gasteiger partial charge < -0.3 is 19.9 Å². The van der Waals surface area contributed by atoms with Crippen LogP contribution in [0.3, 0.4) is 0 Å². The van der Waals surface area contributed by atoms with E-state index in [0.29, 0.717) is 17.7 Å². The molecule has 0 aliphatic carbocycles. The third-order valence-electron chi connectivity index (χ3n) is 2.42. The van der Waals surface area contributed by atoms with Crippen molar-refractivity contribution in [3.63, 3.8) is 0 Å². The molecular weight excluding hydrogens is 210 g/mol. The number of aliphatic hydroxyl groups excluding tert-OH is 2. The molecule has 16 heavy (non-hydrogen) atoms. The number of amides is 1. The number of rotatable bonds is 5. The zero-order valence-electron chi connectivity index (χ0n) is 9.49. The number of aliphatic hydroxyl groups is 2. The molecule has 0 aromatic carbocycles. The molecule has 0 aliphatic rings. The number of carbonyl (C=O) groups excluding carboxylic acids is 1. The lowest BCUT2D eigenvalue weighted by Crippen LogP contribution is -2.51. The monoisotopic (exact) mass is 227 g/mol. The molecule has 0 saturated carbocycles. The van der Waals surface area contributed by atoms with Crippen LogP contribution < -0.4 is 5.32 Å². The van der Waals surface area contributed by atoms with Gasteiger partial charge in [-0.15, -0.1) is 0 Å². The third kappa shape index (κ3) is 2.62. The smallest absolute Gasteiger partial charge is 0.255 e. The van der Waals surface area contributed by atoms with Crippen molar-refractivity contribution in [1.82, 2.24) is 5.32 Å². The minimum atomic E-state index is -1.01. The Morgan fingerprint density at radius 1 is 1.50 bits per heavy atom. The lowest BCUT2D eigenvalue weighted by Gasteiger charge is -2.25. The molecule has 1 amide bonds. The predicted octanol–water partition coefficient (Wildman–Crippen LogP) is 0.315. The molecule has 5 nitrogen and oxygen atoms in total. The normalized spacial score (nSPS) is 11.5. The van der Waals surface area contributed by atoms with Crippen LogP contribution in [0.15, 0.2) is 16.7 Å². The largest absolute Gasteiger partial charge is 0.469 e. The minimum Gasteiger partial charge on any atom is -0.469 e. The Hall–Kier alpha value is -1.33. The van der Waals surface area contributed by atoms with Crippen LogP contribution in [0.5, 0.6) is 0 Å². The van der Waals surface area contributed by atoms with Gasteiger partial charge in [0, 0.05) is 6.42 Å². The molecule has 90 valence electrons. The van der Waals surface area contributed by atoms with E-state index >= 15 is 0 Å². The van der Waals surface area contributed by atoms with E-state index in [2.05, 4.69) is 5.32 Å². The summed E-state index contributed by atoms with van der Waals surface area (Å²) in [6.07, 6.45) is 2.06. The van der Waals surface area contributed by atoms with E-state index in [1.165, 1.54) is 6.26 Å². The summed E-state index contributed by atoms with van der Waals surface area (Å²) in [5.41, 5.74) is -0.574. The Bertz CT molecular complexity index is 355. The van der Waals surface area contributed by atoms with Gasteiger partial charge in [-0.05, 0) is 13.0 Å². The van der Waals surface area contributed by atoms with Gasteiger partial charge in [-0.25, -0.2) is 0 Å². The molecular formula is C11H17NO4. The van der Waals surface area contributed by atoms with Gasteiger partial charge in [0.15, 0.2) is 0 Å². The molecule has 1 heterocycles. The van der Waals surface area contributed by atoms with Crippen molar-refractivity contribution in [2.75, 3.05) is 13.2 Å². The lowest BCUT2D eigenvalue weighted by molar-refractivity contribution is 0.0722.